The molecule has 0 aliphatic carbocycles. The predicted octanol–water partition coefficient (Wildman–Crippen LogP) is 7.39. The van der Waals surface area contributed by atoms with Crippen molar-refractivity contribution in [3.63, 3.8) is 0 Å². The van der Waals surface area contributed by atoms with Crippen LogP contribution >= 0.6 is 0 Å². The van der Waals surface area contributed by atoms with Gasteiger partial charge in [0.15, 0.2) is 5.82 Å². The lowest BCUT2D eigenvalue weighted by molar-refractivity contribution is 0.558. The number of para-hydroxylation sites is 2. The fourth-order valence-electron chi connectivity index (χ4n) is 4.13. The minimum absolute atomic E-state index is 0.409. The molecule has 0 fully saturated rings. The van der Waals surface area contributed by atoms with Crippen molar-refractivity contribution in [1.29, 1.82) is 0 Å². The van der Waals surface area contributed by atoms with E-state index in [1.54, 1.807) is 0 Å². The van der Waals surface area contributed by atoms with E-state index in [0.717, 1.165) is 45.9 Å². The maximum atomic E-state index is 6.08. The summed E-state index contributed by atoms with van der Waals surface area (Å²) in [5.74, 6) is 2.62. The fourth-order valence-corrected chi connectivity index (χ4v) is 4.13. The Balaban J connectivity index is 1.79. The number of hydrogen-bond donors (Lipinski definition) is 0. The number of fused-ring (bicyclic) bond motifs is 1. The van der Waals surface area contributed by atoms with Gasteiger partial charge in [0.25, 0.3) is 0 Å². The standard InChI is InChI=1S/C27H31N3O/c1-7-23-26(21-11-8-9-14-24(21)31-23)22-16-30(6)25(29-22)15-28-27-19(17(2)3)12-10-13-20(27)18(4)5/h8-18H,7H2,1-6H3/b28-15+. The van der Waals surface area contributed by atoms with Crippen LogP contribution in [0.2, 0.25) is 0 Å². The molecular weight excluding hydrogens is 382 g/mol. The van der Waals surface area contributed by atoms with Crippen LogP contribution in [0.15, 0.2) is 58.1 Å². The second-order valence-corrected chi connectivity index (χ2v) is 8.70. The van der Waals surface area contributed by atoms with E-state index < -0.39 is 0 Å². The first-order valence-corrected chi connectivity index (χ1v) is 11.1. The Morgan fingerprint density at radius 2 is 1.68 bits per heavy atom. The molecule has 0 saturated carbocycles. The van der Waals surface area contributed by atoms with Crippen LogP contribution in [0.25, 0.3) is 22.2 Å². The lowest BCUT2D eigenvalue weighted by Gasteiger charge is -2.16. The molecule has 0 spiro atoms. The molecule has 2 aromatic heterocycles. The summed E-state index contributed by atoms with van der Waals surface area (Å²) in [4.78, 5) is 9.88. The van der Waals surface area contributed by atoms with Crippen LogP contribution in [0, 0.1) is 0 Å². The van der Waals surface area contributed by atoms with Crippen LogP contribution in [0.4, 0.5) is 5.69 Å². The number of imidazole rings is 1. The molecular formula is C27H31N3O. The molecule has 0 N–H and O–H groups in total. The van der Waals surface area contributed by atoms with Crippen molar-refractivity contribution in [1.82, 2.24) is 9.55 Å². The topological polar surface area (TPSA) is 43.3 Å². The average molecular weight is 414 g/mol. The lowest BCUT2D eigenvalue weighted by Crippen LogP contribution is -1.98. The van der Waals surface area contributed by atoms with E-state index in [9.17, 15) is 0 Å². The summed E-state index contributed by atoms with van der Waals surface area (Å²) < 4.78 is 8.12. The zero-order valence-electron chi connectivity index (χ0n) is 19.3. The van der Waals surface area contributed by atoms with Crippen LogP contribution < -0.4 is 0 Å². The van der Waals surface area contributed by atoms with Crippen molar-refractivity contribution in [3.05, 3.63) is 71.4 Å². The number of nitrogens with zero attached hydrogens (tertiary/aromatic N) is 3. The van der Waals surface area contributed by atoms with Gasteiger partial charge in [-0.3, -0.25) is 4.99 Å². The van der Waals surface area contributed by atoms with Crippen molar-refractivity contribution >= 4 is 22.9 Å². The van der Waals surface area contributed by atoms with E-state index >= 15 is 0 Å². The molecule has 4 heteroatoms. The highest BCUT2D eigenvalue weighted by Gasteiger charge is 2.18. The monoisotopic (exact) mass is 413 g/mol. The number of rotatable bonds is 6. The summed E-state index contributed by atoms with van der Waals surface area (Å²) in [5, 5.41) is 1.10. The Bertz CT molecular complexity index is 1210. The number of aromatic nitrogens is 2. The molecule has 160 valence electrons. The molecule has 0 aliphatic rings. The number of aryl methyl sites for hydroxylation is 2. The zero-order chi connectivity index (χ0) is 22.1. The summed E-state index contributed by atoms with van der Waals surface area (Å²) >= 11 is 0. The van der Waals surface area contributed by atoms with Crippen LogP contribution in [0.1, 0.15) is 69.2 Å². The van der Waals surface area contributed by atoms with Crippen LogP contribution in [0.5, 0.6) is 0 Å². The second kappa shape index (κ2) is 8.54. The Labute approximate surface area is 184 Å². The molecule has 0 radical (unpaired) electrons. The van der Waals surface area contributed by atoms with E-state index in [-0.39, 0.29) is 0 Å². The summed E-state index contributed by atoms with van der Waals surface area (Å²) in [6, 6.07) is 14.7. The third-order valence-electron chi connectivity index (χ3n) is 5.81. The van der Waals surface area contributed by atoms with Gasteiger partial charge in [0.2, 0.25) is 0 Å². The number of benzene rings is 2. The predicted molar refractivity (Wildman–Crippen MR) is 130 cm³/mol. The Hall–Kier alpha value is -3.14. The van der Waals surface area contributed by atoms with Gasteiger partial charge in [0.05, 0.1) is 23.2 Å². The van der Waals surface area contributed by atoms with E-state index in [2.05, 4.69) is 65.1 Å². The van der Waals surface area contributed by atoms with Gasteiger partial charge in [-0.2, -0.15) is 0 Å². The normalized spacial score (nSPS) is 12.1. The van der Waals surface area contributed by atoms with Crippen molar-refractivity contribution in [2.24, 2.45) is 12.0 Å². The first kappa shape index (κ1) is 21.1. The Kier molecular flexibility index (Phi) is 5.81. The minimum atomic E-state index is 0.409. The van der Waals surface area contributed by atoms with Crippen molar-refractivity contribution in [2.75, 3.05) is 0 Å². The molecule has 4 rings (SSSR count). The summed E-state index contributed by atoms with van der Waals surface area (Å²) in [5.41, 5.74) is 6.52. The summed E-state index contributed by atoms with van der Waals surface area (Å²) in [6.45, 7) is 11.0. The maximum Gasteiger partial charge on any atom is 0.151 e. The minimum Gasteiger partial charge on any atom is -0.460 e. The van der Waals surface area contributed by atoms with Gasteiger partial charge in [-0.25, -0.2) is 4.98 Å². The van der Waals surface area contributed by atoms with E-state index in [4.69, 9.17) is 14.4 Å². The molecule has 0 amide bonds. The largest absolute Gasteiger partial charge is 0.460 e. The van der Waals surface area contributed by atoms with Gasteiger partial charge in [0.1, 0.15) is 11.3 Å². The molecule has 0 saturated heterocycles. The van der Waals surface area contributed by atoms with Gasteiger partial charge < -0.3 is 8.98 Å². The van der Waals surface area contributed by atoms with Crippen LogP contribution in [0.3, 0.4) is 0 Å². The van der Waals surface area contributed by atoms with Crippen molar-refractivity contribution in [2.45, 2.75) is 52.9 Å². The lowest BCUT2D eigenvalue weighted by atomic mass is 9.93. The molecule has 4 nitrogen and oxygen atoms in total. The van der Waals surface area contributed by atoms with E-state index in [0.29, 0.717) is 11.8 Å². The number of furan rings is 1. The summed E-state index contributed by atoms with van der Waals surface area (Å²) in [7, 11) is 2.02. The smallest absolute Gasteiger partial charge is 0.151 e. The Morgan fingerprint density at radius 1 is 1.00 bits per heavy atom. The molecule has 2 aromatic carbocycles. The van der Waals surface area contributed by atoms with E-state index in [1.165, 1.54) is 11.1 Å². The average Bonchev–Trinajstić information content (AvgIpc) is 3.31. The molecule has 31 heavy (non-hydrogen) atoms. The Morgan fingerprint density at radius 3 is 2.32 bits per heavy atom. The van der Waals surface area contributed by atoms with Crippen molar-refractivity contribution in [3.8, 4) is 11.3 Å². The maximum absolute atomic E-state index is 6.08. The SMILES string of the molecule is CCc1oc2ccccc2c1-c1cn(C)c(/C=N/c2c(C(C)C)cccc2C(C)C)n1. The van der Waals surface area contributed by atoms with Gasteiger partial charge in [-0.15, -0.1) is 0 Å². The highest BCUT2D eigenvalue weighted by Crippen LogP contribution is 2.36. The fraction of sp³-hybridized carbons (Fsp3) is 0.333. The third kappa shape index (κ3) is 3.95. The molecule has 2 heterocycles. The van der Waals surface area contributed by atoms with E-state index in [1.807, 2.05) is 36.0 Å². The number of aliphatic imine (C=N–C) groups is 1. The highest BCUT2D eigenvalue weighted by molar-refractivity contribution is 5.95. The molecule has 0 atom stereocenters. The zero-order valence-corrected chi connectivity index (χ0v) is 19.3. The highest BCUT2D eigenvalue weighted by atomic mass is 16.3. The first-order valence-electron chi connectivity index (χ1n) is 11.1. The van der Waals surface area contributed by atoms with Gasteiger partial charge >= 0.3 is 0 Å². The number of hydrogen-bond acceptors (Lipinski definition) is 3. The summed E-state index contributed by atoms with van der Waals surface area (Å²) in [6.07, 6.45) is 4.78. The van der Waals surface area contributed by atoms with Gasteiger partial charge in [0, 0.05) is 25.1 Å². The first-order chi connectivity index (χ1) is 14.9. The van der Waals surface area contributed by atoms with Gasteiger partial charge in [-0.05, 0) is 29.0 Å². The molecule has 0 aliphatic heterocycles. The molecule has 0 bridgehead atoms. The molecule has 0 unspecified atom stereocenters. The second-order valence-electron chi connectivity index (χ2n) is 8.70. The van der Waals surface area contributed by atoms with Crippen LogP contribution in [-0.4, -0.2) is 15.8 Å². The molecule has 4 aromatic rings. The van der Waals surface area contributed by atoms with Gasteiger partial charge in [-0.1, -0.05) is 71.0 Å². The quantitative estimate of drug-likeness (QED) is 0.309. The van der Waals surface area contributed by atoms with Crippen LogP contribution in [-0.2, 0) is 13.5 Å². The van der Waals surface area contributed by atoms with Crippen molar-refractivity contribution < 1.29 is 4.42 Å². The third-order valence-corrected chi connectivity index (χ3v) is 5.81.